The molecule has 2 N–H and O–H groups in total. The molecule has 0 spiro atoms. The smallest absolute Gasteiger partial charge is 0.246 e. The highest BCUT2D eigenvalue weighted by atomic mass is 16.2. The van der Waals surface area contributed by atoms with Crippen LogP contribution in [0.15, 0.2) is 31.4 Å². The normalized spacial score (nSPS) is 17.3. The Bertz CT molecular complexity index is 972. The molecule has 4 rings (SSSR count). The van der Waals surface area contributed by atoms with Crippen molar-refractivity contribution in [2.75, 3.05) is 18.8 Å². The van der Waals surface area contributed by atoms with Gasteiger partial charge in [0.05, 0.1) is 17.6 Å². The van der Waals surface area contributed by atoms with Gasteiger partial charge in [-0.3, -0.25) is 9.48 Å². The third-order valence-corrected chi connectivity index (χ3v) is 4.49. The number of fused-ring (bicyclic) bond motifs is 1. The second-order valence-electron chi connectivity index (χ2n) is 6.08. The lowest BCUT2D eigenvalue weighted by Gasteiger charge is -2.14. The van der Waals surface area contributed by atoms with Gasteiger partial charge < -0.3 is 10.6 Å². The number of aryl methyl sites for hydroxylation is 1. The number of nitrogens with two attached hydrogens (primary N) is 1. The predicted octanol–water partition coefficient (Wildman–Crippen LogP) is 0.768. The van der Waals surface area contributed by atoms with Crippen LogP contribution in [0.5, 0.6) is 0 Å². The highest BCUT2D eigenvalue weighted by Crippen LogP contribution is 2.33. The van der Waals surface area contributed by atoms with Crippen molar-refractivity contribution >= 4 is 22.8 Å². The van der Waals surface area contributed by atoms with Gasteiger partial charge in [0.2, 0.25) is 5.91 Å². The molecule has 0 aromatic carbocycles. The Hall–Kier alpha value is -3.23. The van der Waals surface area contributed by atoms with Gasteiger partial charge in [-0.15, -0.1) is 0 Å². The monoisotopic (exact) mass is 338 g/mol. The molecule has 1 aliphatic rings. The van der Waals surface area contributed by atoms with Crippen LogP contribution in [0.2, 0.25) is 0 Å². The van der Waals surface area contributed by atoms with Gasteiger partial charge in [-0.25, -0.2) is 14.6 Å². The summed E-state index contributed by atoms with van der Waals surface area (Å²) < 4.78 is 3.56. The molecular formula is C16H18N8O. The van der Waals surface area contributed by atoms with Crippen molar-refractivity contribution in [1.29, 1.82) is 0 Å². The first-order valence-corrected chi connectivity index (χ1v) is 7.97. The summed E-state index contributed by atoms with van der Waals surface area (Å²) in [5, 5.41) is 9.67. The molecule has 1 fully saturated rings. The Kier molecular flexibility index (Phi) is 3.48. The SMILES string of the molecule is C=CC(=O)N1CCC(n2nc(-c3cnn(C)c3)c3c(N)ncnc32)C1. The number of hydrogen-bond donors (Lipinski definition) is 1. The molecule has 0 saturated carbocycles. The van der Waals surface area contributed by atoms with E-state index in [1.54, 1.807) is 15.8 Å². The van der Waals surface area contributed by atoms with E-state index in [4.69, 9.17) is 10.8 Å². The Balaban J connectivity index is 1.82. The van der Waals surface area contributed by atoms with E-state index in [9.17, 15) is 4.79 Å². The van der Waals surface area contributed by atoms with Gasteiger partial charge >= 0.3 is 0 Å². The van der Waals surface area contributed by atoms with E-state index in [-0.39, 0.29) is 11.9 Å². The average Bonchev–Trinajstić information content (AvgIpc) is 3.31. The number of aromatic nitrogens is 6. The first-order valence-electron chi connectivity index (χ1n) is 7.97. The topological polar surface area (TPSA) is 108 Å². The van der Waals surface area contributed by atoms with Crippen LogP contribution in [0.1, 0.15) is 12.5 Å². The van der Waals surface area contributed by atoms with Crippen LogP contribution in [0, 0.1) is 0 Å². The van der Waals surface area contributed by atoms with Crippen LogP contribution < -0.4 is 5.73 Å². The molecule has 9 heteroatoms. The summed E-state index contributed by atoms with van der Waals surface area (Å²) in [6.45, 7) is 4.78. The van der Waals surface area contributed by atoms with Crippen LogP contribution >= 0.6 is 0 Å². The number of nitrogens with zero attached hydrogens (tertiary/aromatic N) is 7. The van der Waals surface area contributed by atoms with Gasteiger partial charge in [0, 0.05) is 31.9 Å². The predicted molar refractivity (Wildman–Crippen MR) is 92.4 cm³/mol. The van der Waals surface area contributed by atoms with Crippen molar-refractivity contribution in [2.45, 2.75) is 12.5 Å². The molecule has 1 amide bonds. The zero-order valence-corrected chi connectivity index (χ0v) is 13.8. The summed E-state index contributed by atoms with van der Waals surface area (Å²) in [6, 6.07) is 0.0334. The fourth-order valence-electron chi connectivity index (χ4n) is 3.27. The van der Waals surface area contributed by atoms with Gasteiger partial charge in [-0.2, -0.15) is 10.2 Å². The molecule has 1 atom stereocenters. The molecule has 9 nitrogen and oxygen atoms in total. The quantitative estimate of drug-likeness (QED) is 0.707. The number of nitrogen functional groups attached to an aromatic ring is 1. The van der Waals surface area contributed by atoms with E-state index in [0.29, 0.717) is 35.6 Å². The van der Waals surface area contributed by atoms with Crippen LogP contribution in [0.3, 0.4) is 0 Å². The minimum Gasteiger partial charge on any atom is -0.383 e. The van der Waals surface area contributed by atoms with E-state index >= 15 is 0 Å². The van der Waals surface area contributed by atoms with Crippen molar-refractivity contribution in [3.05, 3.63) is 31.4 Å². The molecule has 1 aliphatic heterocycles. The second kappa shape index (κ2) is 5.69. The minimum atomic E-state index is -0.0689. The molecule has 128 valence electrons. The summed E-state index contributed by atoms with van der Waals surface area (Å²) >= 11 is 0. The number of rotatable bonds is 3. The number of carbonyl (C=O) groups is 1. The maximum Gasteiger partial charge on any atom is 0.246 e. The minimum absolute atomic E-state index is 0.0334. The maximum absolute atomic E-state index is 11.9. The van der Waals surface area contributed by atoms with E-state index in [2.05, 4.69) is 21.6 Å². The molecular weight excluding hydrogens is 320 g/mol. The van der Waals surface area contributed by atoms with Crippen LogP contribution in [0.25, 0.3) is 22.3 Å². The van der Waals surface area contributed by atoms with Gasteiger partial charge in [0.25, 0.3) is 0 Å². The van der Waals surface area contributed by atoms with E-state index in [0.717, 1.165) is 12.0 Å². The van der Waals surface area contributed by atoms with E-state index < -0.39 is 0 Å². The number of hydrogen-bond acceptors (Lipinski definition) is 6. The van der Waals surface area contributed by atoms with Crippen molar-refractivity contribution in [1.82, 2.24) is 34.4 Å². The summed E-state index contributed by atoms with van der Waals surface area (Å²) in [6.07, 6.45) is 7.18. The van der Waals surface area contributed by atoms with Gasteiger partial charge in [-0.1, -0.05) is 6.58 Å². The Labute approximate surface area is 143 Å². The van der Waals surface area contributed by atoms with Gasteiger partial charge in [0.15, 0.2) is 5.65 Å². The highest BCUT2D eigenvalue weighted by Gasteiger charge is 2.30. The molecule has 0 aliphatic carbocycles. The van der Waals surface area contributed by atoms with Crippen molar-refractivity contribution in [3.8, 4) is 11.3 Å². The number of amides is 1. The molecule has 1 unspecified atom stereocenters. The summed E-state index contributed by atoms with van der Waals surface area (Å²) in [5.74, 6) is 0.313. The lowest BCUT2D eigenvalue weighted by atomic mass is 10.2. The second-order valence-corrected chi connectivity index (χ2v) is 6.08. The fraction of sp³-hybridized carbons (Fsp3) is 0.312. The Morgan fingerprint density at radius 1 is 1.44 bits per heavy atom. The van der Waals surface area contributed by atoms with Crippen LogP contribution in [-0.4, -0.2) is 53.4 Å². The molecule has 4 heterocycles. The summed E-state index contributed by atoms with van der Waals surface area (Å²) in [5.41, 5.74) is 8.33. The summed E-state index contributed by atoms with van der Waals surface area (Å²) in [7, 11) is 1.85. The third kappa shape index (κ3) is 2.44. The zero-order chi connectivity index (χ0) is 17.6. The Morgan fingerprint density at radius 2 is 2.28 bits per heavy atom. The van der Waals surface area contributed by atoms with Gasteiger partial charge in [0.1, 0.15) is 17.8 Å². The van der Waals surface area contributed by atoms with Crippen molar-refractivity contribution < 1.29 is 4.79 Å². The van der Waals surface area contributed by atoms with Crippen LogP contribution in [-0.2, 0) is 11.8 Å². The third-order valence-electron chi connectivity index (χ3n) is 4.49. The van der Waals surface area contributed by atoms with Crippen molar-refractivity contribution in [2.24, 2.45) is 7.05 Å². The number of likely N-dealkylation sites (tertiary alicyclic amines) is 1. The standard InChI is InChI=1S/C16H18N8O/c1-3-12(25)23-5-4-11(8-23)24-16-13(15(17)18-9-19-16)14(21-24)10-6-20-22(2)7-10/h3,6-7,9,11H,1,4-5,8H2,2H3,(H2,17,18,19). The molecule has 0 radical (unpaired) electrons. The lowest BCUT2D eigenvalue weighted by molar-refractivity contribution is -0.125. The number of anilines is 1. The molecule has 1 saturated heterocycles. The molecule has 3 aromatic heterocycles. The van der Waals surface area contributed by atoms with Crippen LogP contribution in [0.4, 0.5) is 5.82 Å². The van der Waals surface area contributed by atoms with E-state index in [1.165, 1.54) is 12.4 Å². The first kappa shape index (κ1) is 15.3. The zero-order valence-electron chi connectivity index (χ0n) is 13.8. The van der Waals surface area contributed by atoms with Gasteiger partial charge in [-0.05, 0) is 12.5 Å². The largest absolute Gasteiger partial charge is 0.383 e. The fourth-order valence-corrected chi connectivity index (χ4v) is 3.27. The average molecular weight is 338 g/mol. The molecule has 0 bridgehead atoms. The number of carbonyl (C=O) groups excluding carboxylic acids is 1. The first-order chi connectivity index (χ1) is 12.1. The molecule has 25 heavy (non-hydrogen) atoms. The Morgan fingerprint density at radius 3 is 3.00 bits per heavy atom. The van der Waals surface area contributed by atoms with E-state index in [1.807, 2.05) is 17.9 Å². The summed E-state index contributed by atoms with van der Waals surface area (Å²) in [4.78, 5) is 22.1. The highest BCUT2D eigenvalue weighted by molar-refractivity contribution is 5.98. The van der Waals surface area contributed by atoms with Crippen molar-refractivity contribution in [3.63, 3.8) is 0 Å². The lowest BCUT2D eigenvalue weighted by Crippen LogP contribution is -2.27. The molecule has 3 aromatic rings. The maximum atomic E-state index is 11.9.